The number of hydrogen-bond donors (Lipinski definition) is 2. The van der Waals surface area contributed by atoms with Crippen LogP contribution in [0.25, 0.3) is 6.08 Å². The first-order valence-corrected chi connectivity index (χ1v) is 12.0. The SMILES string of the molecule is C=C(O)/C=C\c1cccc(O[C@H]2c3ccccc3CCC2C)c1C.CCCC[C@H](N)CC. The predicted octanol–water partition coefficient (Wildman–Crippen LogP) is 7.70. The molecule has 174 valence electrons. The second-order valence-electron chi connectivity index (χ2n) is 8.86. The molecule has 0 heterocycles. The molecule has 3 rings (SSSR count). The van der Waals surface area contributed by atoms with Crippen molar-refractivity contribution in [2.24, 2.45) is 11.7 Å². The Labute approximate surface area is 195 Å². The summed E-state index contributed by atoms with van der Waals surface area (Å²) < 4.78 is 6.45. The second-order valence-corrected chi connectivity index (χ2v) is 8.86. The van der Waals surface area contributed by atoms with Crippen molar-refractivity contribution in [1.29, 1.82) is 0 Å². The summed E-state index contributed by atoms with van der Waals surface area (Å²) in [6, 6.07) is 15.1. The molecule has 0 saturated carbocycles. The monoisotopic (exact) mass is 435 g/mol. The Kier molecular flexibility index (Phi) is 10.6. The van der Waals surface area contributed by atoms with Crippen molar-refractivity contribution in [3.8, 4) is 5.75 Å². The predicted molar refractivity (Wildman–Crippen MR) is 137 cm³/mol. The van der Waals surface area contributed by atoms with E-state index in [1.807, 2.05) is 24.3 Å². The molecule has 32 heavy (non-hydrogen) atoms. The Morgan fingerprint density at radius 2 is 1.97 bits per heavy atom. The van der Waals surface area contributed by atoms with Gasteiger partial charge in [0.15, 0.2) is 0 Å². The number of ether oxygens (including phenoxy) is 1. The molecule has 3 nitrogen and oxygen atoms in total. The van der Waals surface area contributed by atoms with Crippen LogP contribution in [0.4, 0.5) is 0 Å². The van der Waals surface area contributed by atoms with Crippen LogP contribution in [0.15, 0.2) is 60.9 Å². The Morgan fingerprint density at radius 3 is 2.66 bits per heavy atom. The van der Waals surface area contributed by atoms with E-state index in [2.05, 4.69) is 58.5 Å². The number of unbranched alkanes of at least 4 members (excludes halogenated alkanes) is 1. The standard InChI is InChI=1S/C22H24O2.C7H17N/c1-15-11-13-19-7-4-5-9-20(19)22(15)24-21-10-6-8-18(17(21)3)14-12-16(2)23;1-3-5-6-7(8)4-2/h4-10,12,14-15,22-23H,2,11,13H2,1,3H3;7H,3-6,8H2,1-2H3/b14-12-;/t15?,22-;7-/m11/s1. The summed E-state index contributed by atoms with van der Waals surface area (Å²) in [5.41, 5.74) is 10.5. The van der Waals surface area contributed by atoms with Gasteiger partial charge in [0.2, 0.25) is 0 Å². The molecule has 3 heteroatoms. The van der Waals surface area contributed by atoms with Crippen molar-refractivity contribution in [2.45, 2.75) is 78.4 Å². The molecular formula is C29H41NO2. The summed E-state index contributed by atoms with van der Waals surface area (Å²) >= 11 is 0. The molecule has 1 aliphatic rings. The van der Waals surface area contributed by atoms with Gasteiger partial charge in [-0.25, -0.2) is 0 Å². The molecule has 0 amide bonds. The van der Waals surface area contributed by atoms with Crippen LogP contribution in [-0.4, -0.2) is 11.1 Å². The minimum absolute atomic E-state index is 0.0514. The maximum atomic E-state index is 9.27. The summed E-state index contributed by atoms with van der Waals surface area (Å²) in [7, 11) is 0. The molecule has 0 radical (unpaired) electrons. The molecule has 0 aliphatic heterocycles. The van der Waals surface area contributed by atoms with Crippen molar-refractivity contribution in [3.63, 3.8) is 0 Å². The summed E-state index contributed by atoms with van der Waals surface area (Å²) in [5.74, 6) is 1.43. The van der Waals surface area contributed by atoms with Crippen LogP contribution in [0.3, 0.4) is 0 Å². The van der Waals surface area contributed by atoms with E-state index in [0.717, 1.165) is 36.1 Å². The van der Waals surface area contributed by atoms with Gasteiger partial charge in [-0.2, -0.15) is 0 Å². The van der Waals surface area contributed by atoms with E-state index >= 15 is 0 Å². The maximum absolute atomic E-state index is 9.27. The zero-order chi connectivity index (χ0) is 23.5. The molecule has 2 aromatic rings. The minimum atomic E-state index is 0.0514. The van der Waals surface area contributed by atoms with E-state index in [4.69, 9.17) is 10.5 Å². The Bertz CT molecular complexity index is 886. The number of rotatable bonds is 8. The number of hydrogen-bond acceptors (Lipinski definition) is 3. The lowest BCUT2D eigenvalue weighted by Gasteiger charge is -2.32. The fourth-order valence-corrected chi connectivity index (χ4v) is 3.99. The zero-order valence-electron chi connectivity index (χ0n) is 20.3. The fraction of sp³-hybridized carbons (Fsp3) is 0.448. The van der Waals surface area contributed by atoms with Crippen molar-refractivity contribution < 1.29 is 9.84 Å². The summed E-state index contributed by atoms with van der Waals surface area (Å²) in [6.45, 7) is 12.1. The third-order valence-corrected chi connectivity index (χ3v) is 6.24. The molecule has 3 N–H and O–H groups in total. The summed E-state index contributed by atoms with van der Waals surface area (Å²) in [4.78, 5) is 0. The van der Waals surface area contributed by atoms with Gasteiger partial charge in [-0.15, -0.1) is 0 Å². The lowest BCUT2D eigenvalue weighted by molar-refractivity contribution is 0.128. The van der Waals surface area contributed by atoms with Gasteiger partial charge in [-0.1, -0.05) is 82.7 Å². The molecule has 0 saturated heterocycles. The van der Waals surface area contributed by atoms with Gasteiger partial charge in [0, 0.05) is 6.04 Å². The summed E-state index contributed by atoms with van der Waals surface area (Å²) in [6.07, 6.45) is 10.7. The zero-order valence-corrected chi connectivity index (χ0v) is 20.3. The second kappa shape index (κ2) is 13.1. The van der Waals surface area contributed by atoms with Gasteiger partial charge in [0.25, 0.3) is 0 Å². The van der Waals surface area contributed by atoms with Gasteiger partial charge in [-0.05, 0) is 72.9 Å². The first-order chi connectivity index (χ1) is 15.4. The number of aliphatic hydroxyl groups excluding tert-OH is 1. The van der Waals surface area contributed by atoms with Gasteiger partial charge in [-0.3, -0.25) is 0 Å². The topological polar surface area (TPSA) is 55.5 Å². The number of allylic oxidation sites excluding steroid dienone is 1. The van der Waals surface area contributed by atoms with E-state index in [-0.39, 0.29) is 11.9 Å². The lowest BCUT2D eigenvalue weighted by Crippen LogP contribution is -2.23. The van der Waals surface area contributed by atoms with Crippen molar-refractivity contribution >= 4 is 6.08 Å². The fourth-order valence-electron chi connectivity index (χ4n) is 3.99. The molecule has 3 atom stereocenters. The molecule has 1 unspecified atom stereocenters. The highest BCUT2D eigenvalue weighted by Gasteiger charge is 2.28. The first-order valence-electron chi connectivity index (χ1n) is 12.0. The Hall–Kier alpha value is -2.52. The van der Waals surface area contributed by atoms with E-state index in [0.29, 0.717) is 12.0 Å². The summed E-state index contributed by atoms with van der Waals surface area (Å²) in [5, 5.41) is 9.27. The van der Waals surface area contributed by atoms with E-state index < -0.39 is 0 Å². The number of fused-ring (bicyclic) bond motifs is 1. The van der Waals surface area contributed by atoms with Gasteiger partial charge < -0.3 is 15.6 Å². The average molecular weight is 436 g/mol. The van der Waals surface area contributed by atoms with Crippen molar-refractivity contribution in [2.75, 3.05) is 0 Å². The van der Waals surface area contributed by atoms with Gasteiger partial charge in [0.1, 0.15) is 17.6 Å². The highest BCUT2D eigenvalue weighted by molar-refractivity contribution is 5.59. The Morgan fingerprint density at radius 1 is 1.22 bits per heavy atom. The first kappa shape index (κ1) is 25.7. The molecule has 0 spiro atoms. The normalized spacial score (nSPS) is 18.4. The van der Waals surface area contributed by atoms with Crippen LogP contribution in [0.5, 0.6) is 5.75 Å². The van der Waals surface area contributed by atoms with E-state index in [9.17, 15) is 5.11 Å². The molecule has 0 fully saturated rings. The van der Waals surface area contributed by atoms with Crippen LogP contribution in [0, 0.1) is 12.8 Å². The largest absolute Gasteiger partial charge is 0.509 e. The highest BCUT2D eigenvalue weighted by atomic mass is 16.5. The smallest absolute Gasteiger partial charge is 0.127 e. The maximum Gasteiger partial charge on any atom is 0.127 e. The Balaban J connectivity index is 0.000000390. The quantitative estimate of drug-likeness (QED) is 0.330. The number of benzene rings is 2. The van der Waals surface area contributed by atoms with Crippen LogP contribution in [-0.2, 0) is 6.42 Å². The van der Waals surface area contributed by atoms with Crippen LogP contribution in [0.2, 0.25) is 0 Å². The molecule has 2 aromatic carbocycles. The minimum Gasteiger partial charge on any atom is -0.509 e. The molecular weight excluding hydrogens is 394 g/mol. The highest BCUT2D eigenvalue weighted by Crippen LogP contribution is 2.38. The third-order valence-electron chi connectivity index (χ3n) is 6.24. The average Bonchev–Trinajstić information content (AvgIpc) is 2.80. The van der Waals surface area contributed by atoms with Crippen molar-refractivity contribution in [3.05, 3.63) is 83.1 Å². The lowest BCUT2D eigenvalue weighted by atomic mass is 9.82. The van der Waals surface area contributed by atoms with E-state index in [1.165, 1.54) is 30.4 Å². The third kappa shape index (κ3) is 7.56. The van der Waals surface area contributed by atoms with Crippen molar-refractivity contribution in [1.82, 2.24) is 0 Å². The number of aliphatic hydroxyl groups is 1. The van der Waals surface area contributed by atoms with Crippen LogP contribution in [0.1, 0.15) is 81.2 Å². The number of nitrogens with two attached hydrogens (primary N) is 1. The number of aryl methyl sites for hydroxylation is 1. The van der Waals surface area contributed by atoms with Crippen LogP contribution >= 0.6 is 0 Å². The molecule has 1 aliphatic carbocycles. The molecule has 0 aromatic heterocycles. The molecule has 0 bridgehead atoms. The van der Waals surface area contributed by atoms with Gasteiger partial charge in [0.05, 0.1) is 0 Å². The van der Waals surface area contributed by atoms with E-state index in [1.54, 1.807) is 6.08 Å². The van der Waals surface area contributed by atoms with Gasteiger partial charge >= 0.3 is 0 Å². The van der Waals surface area contributed by atoms with Crippen LogP contribution < -0.4 is 10.5 Å².